The molecular weight excluding hydrogens is 394 g/mol. The molecule has 0 unspecified atom stereocenters. The predicted octanol–water partition coefficient (Wildman–Crippen LogP) is 4.18. The zero-order valence-corrected chi connectivity index (χ0v) is 16.6. The van der Waals surface area contributed by atoms with Gasteiger partial charge in [-0.1, -0.05) is 24.3 Å². The van der Waals surface area contributed by atoms with Crippen LogP contribution in [0.3, 0.4) is 0 Å². The third kappa shape index (κ3) is 3.36. The minimum atomic E-state index is -0.327. The van der Waals surface area contributed by atoms with Crippen molar-refractivity contribution in [3.05, 3.63) is 94.9 Å². The SMILES string of the molecule is Cc1nc2cc(NC(=O)c3cccc(CN4C(=O)c5ccccc5C4=O)c3)ccc2o1. The number of benzene rings is 3. The van der Waals surface area contributed by atoms with Crippen LogP contribution < -0.4 is 5.32 Å². The van der Waals surface area contributed by atoms with Crippen LogP contribution >= 0.6 is 0 Å². The number of rotatable bonds is 4. The minimum Gasteiger partial charge on any atom is -0.441 e. The highest BCUT2D eigenvalue weighted by Crippen LogP contribution is 2.25. The molecule has 3 amide bonds. The fourth-order valence-electron chi connectivity index (χ4n) is 3.70. The Morgan fingerprint density at radius 2 is 1.71 bits per heavy atom. The van der Waals surface area contributed by atoms with Crippen molar-refractivity contribution in [1.82, 2.24) is 9.88 Å². The van der Waals surface area contributed by atoms with Crippen LogP contribution in [0, 0.1) is 6.92 Å². The van der Waals surface area contributed by atoms with Crippen molar-refractivity contribution in [2.75, 3.05) is 5.32 Å². The molecule has 2 heterocycles. The van der Waals surface area contributed by atoms with Gasteiger partial charge < -0.3 is 9.73 Å². The van der Waals surface area contributed by atoms with Gasteiger partial charge in [-0.3, -0.25) is 19.3 Å². The standard InChI is InChI=1S/C24H17N3O4/c1-14-25-20-12-17(9-10-21(20)31-14)26-22(28)16-6-4-5-15(11-16)13-27-23(29)18-7-2-3-8-19(18)24(27)30/h2-12H,13H2,1H3,(H,26,28). The van der Waals surface area contributed by atoms with Crippen molar-refractivity contribution in [2.45, 2.75) is 13.5 Å². The topological polar surface area (TPSA) is 92.5 Å². The van der Waals surface area contributed by atoms with E-state index in [-0.39, 0.29) is 24.3 Å². The number of oxazole rings is 1. The molecule has 0 radical (unpaired) electrons. The van der Waals surface area contributed by atoms with Gasteiger partial charge >= 0.3 is 0 Å². The molecule has 7 nitrogen and oxygen atoms in total. The molecule has 4 aromatic rings. The number of nitrogens with one attached hydrogen (secondary N) is 1. The molecule has 0 bridgehead atoms. The Balaban J connectivity index is 1.34. The van der Waals surface area contributed by atoms with E-state index in [4.69, 9.17) is 4.42 Å². The van der Waals surface area contributed by atoms with Crippen LogP contribution in [-0.2, 0) is 6.54 Å². The van der Waals surface area contributed by atoms with Gasteiger partial charge in [0, 0.05) is 18.2 Å². The second kappa shape index (κ2) is 7.21. The lowest BCUT2D eigenvalue weighted by Crippen LogP contribution is -2.29. The fraction of sp³-hybridized carbons (Fsp3) is 0.0833. The van der Waals surface area contributed by atoms with Crippen LogP contribution in [0.1, 0.15) is 42.5 Å². The van der Waals surface area contributed by atoms with Crippen LogP contribution in [0.2, 0.25) is 0 Å². The smallest absolute Gasteiger partial charge is 0.261 e. The van der Waals surface area contributed by atoms with E-state index in [1.165, 1.54) is 4.90 Å². The van der Waals surface area contributed by atoms with Crippen LogP contribution in [-0.4, -0.2) is 27.6 Å². The summed E-state index contributed by atoms with van der Waals surface area (Å²) in [6, 6.07) is 18.9. The number of fused-ring (bicyclic) bond motifs is 2. The molecule has 31 heavy (non-hydrogen) atoms. The van der Waals surface area contributed by atoms with E-state index < -0.39 is 0 Å². The Kier molecular flexibility index (Phi) is 4.36. The van der Waals surface area contributed by atoms with Gasteiger partial charge in [0.1, 0.15) is 5.52 Å². The average Bonchev–Trinajstić information content (AvgIpc) is 3.26. The summed E-state index contributed by atoms with van der Waals surface area (Å²) in [7, 11) is 0. The molecule has 0 saturated carbocycles. The van der Waals surface area contributed by atoms with Crippen LogP contribution in [0.4, 0.5) is 5.69 Å². The predicted molar refractivity (Wildman–Crippen MR) is 114 cm³/mol. The van der Waals surface area contributed by atoms with Gasteiger partial charge in [-0.2, -0.15) is 0 Å². The number of nitrogens with zero attached hydrogens (tertiary/aromatic N) is 2. The Hall–Kier alpha value is -4.26. The lowest BCUT2D eigenvalue weighted by atomic mass is 10.1. The summed E-state index contributed by atoms with van der Waals surface area (Å²) in [5.41, 5.74) is 3.82. The number of hydrogen-bond donors (Lipinski definition) is 1. The molecule has 7 heteroatoms. The summed E-state index contributed by atoms with van der Waals surface area (Å²) in [6.07, 6.45) is 0. The maximum Gasteiger partial charge on any atom is 0.261 e. The van der Waals surface area contributed by atoms with Gasteiger partial charge in [0.25, 0.3) is 17.7 Å². The molecule has 0 saturated heterocycles. The minimum absolute atomic E-state index is 0.0949. The number of carbonyl (C=O) groups excluding carboxylic acids is 3. The highest BCUT2D eigenvalue weighted by molar-refractivity contribution is 6.21. The fourth-order valence-corrected chi connectivity index (χ4v) is 3.70. The Labute approximate surface area is 177 Å². The monoisotopic (exact) mass is 411 g/mol. The van der Waals surface area contributed by atoms with Crippen molar-refractivity contribution in [3.8, 4) is 0 Å². The summed E-state index contributed by atoms with van der Waals surface area (Å²) in [5.74, 6) is -0.401. The highest BCUT2D eigenvalue weighted by atomic mass is 16.3. The zero-order chi connectivity index (χ0) is 21.5. The normalized spacial score (nSPS) is 13.0. The molecule has 0 spiro atoms. The number of aryl methyl sites for hydroxylation is 1. The molecule has 0 atom stereocenters. The second-order valence-corrected chi connectivity index (χ2v) is 7.31. The van der Waals surface area contributed by atoms with Gasteiger partial charge in [0.05, 0.1) is 17.7 Å². The zero-order valence-electron chi connectivity index (χ0n) is 16.6. The van der Waals surface area contributed by atoms with Gasteiger partial charge in [0.15, 0.2) is 11.5 Å². The van der Waals surface area contributed by atoms with Crippen molar-refractivity contribution in [3.63, 3.8) is 0 Å². The van der Waals surface area contributed by atoms with E-state index in [0.717, 1.165) is 0 Å². The lowest BCUT2D eigenvalue weighted by Gasteiger charge is -2.14. The summed E-state index contributed by atoms with van der Waals surface area (Å²) in [5, 5.41) is 2.84. The van der Waals surface area contributed by atoms with E-state index in [0.29, 0.717) is 44.9 Å². The quantitative estimate of drug-likeness (QED) is 0.509. The number of imide groups is 1. The Bertz CT molecular complexity index is 1340. The first-order chi connectivity index (χ1) is 15.0. The van der Waals surface area contributed by atoms with E-state index in [1.54, 1.807) is 73.7 Å². The molecular formula is C24H17N3O4. The van der Waals surface area contributed by atoms with Crippen LogP contribution in [0.15, 0.2) is 71.1 Å². The van der Waals surface area contributed by atoms with Gasteiger partial charge in [-0.05, 0) is 48.0 Å². The third-order valence-corrected chi connectivity index (χ3v) is 5.16. The molecule has 0 fully saturated rings. The van der Waals surface area contributed by atoms with Crippen molar-refractivity contribution >= 4 is 34.5 Å². The third-order valence-electron chi connectivity index (χ3n) is 5.16. The largest absolute Gasteiger partial charge is 0.441 e. The van der Waals surface area contributed by atoms with Crippen molar-refractivity contribution < 1.29 is 18.8 Å². The molecule has 1 aliphatic rings. The van der Waals surface area contributed by atoms with E-state index in [9.17, 15) is 14.4 Å². The highest BCUT2D eigenvalue weighted by Gasteiger charge is 2.34. The van der Waals surface area contributed by atoms with E-state index >= 15 is 0 Å². The number of carbonyl (C=O) groups is 3. The first kappa shape index (κ1) is 18.7. The molecule has 1 aromatic heterocycles. The molecule has 152 valence electrons. The van der Waals surface area contributed by atoms with Crippen LogP contribution in [0.5, 0.6) is 0 Å². The molecule has 3 aromatic carbocycles. The van der Waals surface area contributed by atoms with Gasteiger partial charge in [-0.15, -0.1) is 0 Å². The maximum absolute atomic E-state index is 12.7. The Morgan fingerprint density at radius 1 is 0.968 bits per heavy atom. The molecule has 1 aliphatic heterocycles. The number of anilines is 1. The Morgan fingerprint density at radius 3 is 2.45 bits per heavy atom. The molecule has 5 rings (SSSR count). The first-order valence-electron chi connectivity index (χ1n) is 9.72. The number of amides is 3. The summed E-state index contributed by atoms with van der Waals surface area (Å²) < 4.78 is 5.45. The number of hydrogen-bond acceptors (Lipinski definition) is 5. The summed E-state index contributed by atoms with van der Waals surface area (Å²) in [6.45, 7) is 1.86. The van der Waals surface area contributed by atoms with Crippen LogP contribution in [0.25, 0.3) is 11.1 Å². The summed E-state index contributed by atoms with van der Waals surface area (Å²) in [4.78, 5) is 43.4. The van der Waals surface area contributed by atoms with Crippen molar-refractivity contribution in [2.24, 2.45) is 0 Å². The second-order valence-electron chi connectivity index (χ2n) is 7.31. The van der Waals surface area contributed by atoms with E-state index in [2.05, 4.69) is 10.3 Å². The lowest BCUT2D eigenvalue weighted by molar-refractivity contribution is 0.0642. The summed E-state index contributed by atoms with van der Waals surface area (Å²) >= 11 is 0. The van der Waals surface area contributed by atoms with Gasteiger partial charge in [-0.25, -0.2) is 4.98 Å². The first-order valence-corrected chi connectivity index (χ1v) is 9.72. The molecule has 1 N–H and O–H groups in total. The number of aromatic nitrogens is 1. The van der Waals surface area contributed by atoms with E-state index in [1.807, 2.05) is 0 Å². The molecule has 0 aliphatic carbocycles. The van der Waals surface area contributed by atoms with Crippen molar-refractivity contribution in [1.29, 1.82) is 0 Å². The average molecular weight is 411 g/mol. The van der Waals surface area contributed by atoms with Gasteiger partial charge in [0.2, 0.25) is 0 Å². The maximum atomic E-state index is 12.7.